The number of aryl methyl sites for hydroxylation is 1. The molecule has 7 heteroatoms. The fourth-order valence-corrected chi connectivity index (χ4v) is 2.68. The van der Waals surface area contributed by atoms with Gasteiger partial charge in [-0.1, -0.05) is 6.92 Å². The van der Waals surface area contributed by atoms with Crippen LogP contribution in [0.3, 0.4) is 0 Å². The lowest BCUT2D eigenvalue weighted by molar-refractivity contribution is -0.146. The number of aliphatic carboxylic acids is 1. The van der Waals surface area contributed by atoms with Crippen molar-refractivity contribution < 1.29 is 14.7 Å². The van der Waals surface area contributed by atoms with Crippen molar-refractivity contribution in [1.82, 2.24) is 9.78 Å². The monoisotopic (exact) mass is 307 g/mol. The van der Waals surface area contributed by atoms with Crippen LogP contribution in [-0.2, 0) is 16.8 Å². The summed E-state index contributed by atoms with van der Waals surface area (Å²) in [4.78, 5) is 24.0. The van der Waals surface area contributed by atoms with E-state index in [4.69, 9.17) is 5.11 Å². The van der Waals surface area contributed by atoms with Crippen molar-refractivity contribution in [3.8, 4) is 0 Å². The molecule has 2 aromatic heterocycles. The number of aromatic nitrogens is 2. The molecule has 0 aliphatic rings. The molecule has 112 valence electrons. The predicted octanol–water partition coefficient (Wildman–Crippen LogP) is 2.58. The normalized spacial score (nSPS) is 11.4. The second-order valence-corrected chi connectivity index (χ2v) is 6.01. The first-order valence-corrected chi connectivity index (χ1v) is 7.41. The molecule has 0 saturated heterocycles. The van der Waals surface area contributed by atoms with Gasteiger partial charge in [-0.2, -0.15) is 5.10 Å². The smallest absolute Gasteiger partial charge is 0.331 e. The second kappa shape index (κ2) is 5.69. The zero-order valence-electron chi connectivity index (χ0n) is 12.1. The number of anilines is 1. The minimum absolute atomic E-state index is 0.222. The number of carboxylic acid groups (broad SMARTS) is 1. The summed E-state index contributed by atoms with van der Waals surface area (Å²) in [5.41, 5.74) is -0.177. The van der Waals surface area contributed by atoms with E-state index in [9.17, 15) is 9.59 Å². The minimum atomic E-state index is -1.17. The number of hydrogen-bond acceptors (Lipinski definition) is 4. The molecular formula is C14H17N3O3S. The van der Waals surface area contributed by atoms with Crippen LogP contribution in [0.2, 0.25) is 0 Å². The van der Waals surface area contributed by atoms with Crippen molar-refractivity contribution in [3.05, 3.63) is 34.2 Å². The number of carbonyl (C=O) groups excluding carboxylic acids is 1. The maximum atomic E-state index is 12.2. The minimum Gasteiger partial charge on any atom is -0.479 e. The van der Waals surface area contributed by atoms with Crippen LogP contribution in [0.15, 0.2) is 23.7 Å². The standard InChI is InChI=1S/C14H17N3O3S/c1-4-9-6-8-21-11(9)12(18)15-10-5-7-17(16-10)14(2,3)13(19)20/h5-8H,4H2,1-3H3,(H,19,20)(H,15,16,18). The highest BCUT2D eigenvalue weighted by Crippen LogP contribution is 2.20. The summed E-state index contributed by atoms with van der Waals surface area (Å²) in [6, 6.07) is 3.51. The van der Waals surface area contributed by atoms with Gasteiger partial charge in [0.2, 0.25) is 0 Å². The highest BCUT2D eigenvalue weighted by molar-refractivity contribution is 7.12. The average Bonchev–Trinajstić information content (AvgIpc) is 3.06. The van der Waals surface area contributed by atoms with Gasteiger partial charge in [0.05, 0.1) is 4.88 Å². The summed E-state index contributed by atoms with van der Waals surface area (Å²) in [5.74, 6) is -0.875. The van der Waals surface area contributed by atoms with Crippen LogP contribution in [0.4, 0.5) is 5.82 Å². The van der Waals surface area contributed by atoms with Gasteiger partial charge in [-0.05, 0) is 37.3 Å². The fourth-order valence-electron chi connectivity index (χ4n) is 1.79. The molecule has 2 N–H and O–H groups in total. The number of hydrogen-bond donors (Lipinski definition) is 2. The molecule has 0 aliphatic heterocycles. The lowest BCUT2D eigenvalue weighted by atomic mass is 10.1. The highest BCUT2D eigenvalue weighted by Gasteiger charge is 2.30. The number of carbonyl (C=O) groups is 2. The van der Waals surface area contributed by atoms with E-state index in [1.165, 1.54) is 16.0 Å². The molecule has 0 saturated carbocycles. The number of rotatable bonds is 5. The number of thiophene rings is 1. The van der Waals surface area contributed by atoms with Gasteiger partial charge in [-0.25, -0.2) is 4.79 Å². The summed E-state index contributed by atoms with van der Waals surface area (Å²) in [7, 11) is 0. The molecule has 0 radical (unpaired) electrons. The van der Waals surface area contributed by atoms with Crippen LogP contribution < -0.4 is 5.32 Å². The van der Waals surface area contributed by atoms with Crippen molar-refractivity contribution in [3.63, 3.8) is 0 Å². The van der Waals surface area contributed by atoms with Gasteiger partial charge in [0.25, 0.3) is 5.91 Å². The second-order valence-electron chi connectivity index (χ2n) is 5.09. The van der Waals surface area contributed by atoms with Crippen LogP contribution >= 0.6 is 11.3 Å². The Morgan fingerprint density at radius 1 is 1.43 bits per heavy atom. The van der Waals surface area contributed by atoms with E-state index in [1.807, 2.05) is 18.4 Å². The molecule has 0 fully saturated rings. The quantitative estimate of drug-likeness (QED) is 0.889. The molecule has 0 aromatic carbocycles. The molecule has 21 heavy (non-hydrogen) atoms. The Morgan fingerprint density at radius 2 is 2.14 bits per heavy atom. The van der Waals surface area contributed by atoms with Gasteiger partial charge in [-0.3, -0.25) is 9.48 Å². The lowest BCUT2D eigenvalue weighted by Crippen LogP contribution is -2.36. The van der Waals surface area contributed by atoms with Crippen molar-refractivity contribution in [1.29, 1.82) is 0 Å². The van der Waals surface area contributed by atoms with Crippen molar-refractivity contribution >= 4 is 29.0 Å². The first-order valence-electron chi connectivity index (χ1n) is 6.53. The van der Waals surface area contributed by atoms with Gasteiger partial charge in [0, 0.05) is 12.3 Å². The molecule has 2 aromatic rings. The molecule has 0 atom stereocenters. The van der Waals surface area contributed by atoms with Gasteiger partial charge < -0.3 is 10.4 Å². The first kappa shape index (κ1) is 15.2. The average molecular weight is 307 g/mol. The van der Waals surface area contributed by atoms with Crippen LogP contribution in [0, 0.1) is 0 Å². The molecule has 0 spiro atoms. The molecule has 0 bridgehead atoms. The Kier molecular flexibility index (Phi) is 4.13. The van der Waals surface area contributed by atoms with E-state index in [1.54, 1.807) is 26.1 Å². The summed E-state index contributed by atoms with van der Waals surface area (Å²) in [6.07, 6.45) is 2.33. The van der Waals surface area contributed by atoms with Gasteiger partial charge in [0.15, 0.2) is 11.4 Å². The van der Waals surface area contributed by atoms with Crippen molar-refractivity contribution in [2.24, 2.45) is 0 Å². The van der Waals surface area contributed by atoms with E-state index >= 15 is 0 Å². The van der Waals surface area contributed by atoms with Crippen molar-refractivity contribution in [2.45, 2.75) is 32.7 Å². The number of carboxylic acids is 1. The zero-order valence-corrected chi connectivity index (χ0v) is 12.9. The number of nitrogens with one attached hydrogen (secondary N) is 1. The van der Waals surface area contributed by atoms with Crippen LogP contribution in [-0.4, -0.2) is 26.8 Å². The first-order chi connectivity index (χ1) is 9.86. The Labute approximate surface area is 126 Å². The van der Waals surface area contributed by atoms with Gasteiger partial charge >= 0.3 is 5.97 Å². The third-order valence-corrected chi connectivity index (χ3v) is 4.22. The molecular weight excluding hydrogens is 290 g/mol. The Hall–Kier alpha value is -2.15. The molecule has 6 nitrogen and oxygen atoms in total. The molecule has 1 amide bonds. The Balaban J connectivity index is 2.17. The summed E-state index contributed by atoms with van der Waals surface area (Å²) in [5, 5.41) is 17.8. The molecule has 2 rings (SSSR count). The maximum absolute atomic E-state index is 12.2. The third kappa shape index (κ3) is 2.97. The lowest BCUT2D eigenvalue weighted by Gasteiger charge is -2.19. The van der Waals surface area contributed by atoms with E-state index in [0.29, 0.717) is 10.7 Å². The topological polar surface area (TPSA) is 84.2 Å². The maximum Gasteiger partial charge on any atom is 0.331 e. The largest absolute Gasteiger partial charge is 0.479 e. The van der Waals surface area contributed by atoms with Crippen LogP contribution in [0.25, 0.3) is 0 Å². The summed E-state index contributed by atoms with van der Waals surface area (Å²) >= 11 is 1.38. The van der Waals surface area contributed by atoms with Gasteiger partial charge in [-0.15, -0.1) is 11.3 Å². The van der Waals surface area contributed by atoms with E-state index in [-0.39, 0.29) is 5.91 Å². The SMILES string of the molecule is CCc1ccsc1C(=O)Nc1ccn(C(C)(C)C(=O)O)n1. The predicted molar refractivity (Wildman–Crippen MR) is 80.8 cm³/mol. The van der Waals surface area contributed by atoms with Crippen LogP contribution in [0.1, 0.15) is 36.0 Å². The highest BCUT2D eigenvalue weighted by atomic mass is 32.1. The third-order valence-electron chi connectivity index (χ3n) is 3.26. The van der Waals surface area contributed by atoms with E-state index < -0.39 is 11.5 Å². The summed E-state index contributed by atoms with van der Waals surface area (Å²) in [6.45, 7) is 5.08. The van der Waals surface area contributed by atoms with Gasteiger partial charge in [0.1, 0.15) is 0 Å². The Bertz CT molecular complexity index is 673. The number of amides is 1. The fraction of sp³-hybridized carbons (Fsp3) is 0.357. The zero-order chi connectivity index (χ0) is 15.6. The number of nitrogens with zero attached hydrogens (tertiary/aromatic N) is 2. The Morgan fingerprint density at radius 3 is 2.76 bits per heavy atom. The summed E-state index contributed by atoms with van der Waals surface area (Å²) < 4.78 is 1.32. The molecule has 2 heterocycles. The van der Waals surface area contributed by atoms with E-state index in [0.717, 1.165) is 12.0 Å². The van der Waals surface area contributed by atoms with Crippen molar-refractivity contribution in [2.75, 3.05) is 5.32 Å². The van der Waals surface area contributed by atoms with Crippen LogP contribution in [0.5, 0.6) is 0 Å². The molecule has 0 aliphatic carbocycles. The molecule has 0 unspecified atom stereocenters. The van der Waals surface area contributed by atoms with E-state index in [2.05, 4.69) is 10.4 Å².